The number of aryl methyl sites for hydroxylation is 1. The van der Waals surface area contributed by atoms with Gasteiger partial charge in [-0.3, -0.25) is 5.10 Å². The van der Waals surface area contributed by atoms with Gasteiger partial charge in [0.1, 0.15) is 23.5 Å². The molecule has 0 unspecified atom stereocenters. The Kier molecular flexibility index (Phi) is 4.80. The van der Waals surface area contributed by atoms with Crippen LogP contribution in [0.4, 0.5) is 22.0 Å². The van der Waals surface area contributed by atoms with Crippen LogP contribution in [0, 0.1) is 18.6 Å². The molecule has 4 nitrogen and oxygen atoms in total. The lowest BCUT2D eigenvalue weighted by atomic mass is 9.95. The number of rotatable bonds is 5. The summed E-state index contributed by atoms with van der Waals surface area (Å²) in [6.07, 6.45) is -4.75. The maximum Gasteiger partial charge on any atom is 0.416 e. The number of hydrogen-bond donors (Lipinski definition) is 2. The minimum absolute atomic E-state index is 0.0394. The number of nitrogens with one attached hydrogen (secondary N) is 1. The van der Waals surface area contributed by atoms with Gasteiger partial charge in [0.2, 0.25) is 0 Å². The van der Waals surface area contributed by atoms with Gasteiger partial charge < -0.3 is 10.5 Å². The number of H-pyrrole nitrogens is 1. The van der Waals surface area contributed by atoms with Gasteiger partial charge in [-0.15, -0.1) is 0 Å². The molecule has 1 aromatic heterocycles. The number of halogens is 5. The van der Waals surface area contributed by atoms with Gasteiger partial charge in [-0.25, -0.2) is 8.78 Å². The Morgan fingerprint density at radius 1 is 1.17 bits per heavy atom. The SMILES string of the molecule is Cc1cc(-c2cc(C(F)(F)F)ccc2O[C@H]2C[C@@]2(CN)c2ccc(F)cc2F)n[nH]1. The van der Waals surface area contributed by atoms with Crippen LogP contribution in [0.1, 0.15) is 23.2 Å². The number of nitrogens with two attached hydrogens (primary N) is 1. The van der Waals surface area contributed by atoms with E-state index in [2.05, 4.69) is 10.2 Å². The molecule has 0 amide bonds. The average molecular weight is 423 g/mol. The number of hydrogen-bond acceptors (Lipinski definition) is 3. The Morgan fingerprint density at radius 2 is 1.93 bits per heavy atom. The van der Waals surface area contributed by atoms with E-state index in [4.69, 9.17) is 10.5 Å². The Labute approximate surface area is 168 Å². The lowest BCUT2D eigenvalue weighted by Crippen LogP contribution is -2.27. The summed E-state index contributed by atoms with van der Waals surface area (Å²) < 4.78 is 73.2. The zero-order valence-electron chi connectivity index (χ0n) is 15.9. The van der Waals surface area contributed by atoms with Crippen molar-refractivity contribution in [2.75, 3.05) is 6.54 Å². The fourth-order valence-corrected chi connectivity index (χ4v) is 3.65. The van der Waals surface area contributed by atoms with Crippen molar-refractivity contribution in [3.8, 4) is 17.0 Å². The van der Waals surface area contributed by atoms with E-state index in [1.807, 2.05) is 0 Å². The number of alkyl halides is 3. The predicted molar refractivity (Wildman–Crippen MR) is 99.9 cm³/mol. The van der Waals surface area contributed by atoms with Crippen molar-refractivity contribution in [2.45, 2.75) is 31.0 Å². The van der Waals surface area contributed by atoms with E-state index in [1.54, 1.807) is 13.0 Å². The molecule has 0 spiro atoms. The van der Waals surface area contributed by atoms with E-state index in [0.717, 1.165) is 24.3 Å². The van der Waals surface area contributed by atoms with E-state index in [1.165, 1.54) is 12.1 Å². The fraction of sp³-hybridized carbons (Fsp3) is 0.286. The van der Waals surface area contributed by atoms with Gasteiger partial charge in [0.05, 0.1) is 16.7 Å². The van der Waals surface area contributed by atoms with Crippen LogP contribution in [0.3, 0.4) is 0 Å². The zero-order valence-corrected chi connectivity index (χ0v) is 15.9. The molecule has 1 heterocycles. The molecule has 1 fully saturated rings. The molecular weight excluding hydrogens is 405 g/mol. The van der Waals surface area contributed by atoms with Crippen molar-refractivity contribution in [3.63, 3.8) is 0 Å². The molecule has 2 aromatic carbocycles. The summed E-state index contributed by atoms with van der Waals surface area (Å²) in [5.41, 5.74) is 5.51. The van der Waals surface area contributed by atoms with Gasteiger partial charge >= 0.3 is 6.18 Å². The van der Waals surface area contributed by atoms with E-state index in [9.17, 15) is 22.0 Å². The number of benzene rings is 2. The van der Waals surface area contributed by atoms with E-state index in [0.29, 0.717) is 17.8 Å². The van der Waals surface area contributed by atoms with Crippen LogP contribution in [0.25, 0.3) is 11.3 Å². The van der Waals surface area contributed by atoms with E-state index in [-0.39, 0.29) is 23.4 Å². The molecule has 30 heavy (non-hydrogen) atoms. The largest absolute Gasteiger partial charge is 0.489 e. The Bertz CT molecular complexity index is 1090. The molecule has 1 saturated carbocycles. The first-order chi connectivity index (χ1) is 14.1. The molecule has 0 bridgehead atoms. The maximum absolute atomic E-state index is 14.3. The smallest absolute Gasteiger partial charge is 0.416 e. The van der Waals surface area contributed by atoms with Gasteiger partial charge in [0.15, 0.2) is 0 Å². The van der Waals surface area contributed by atoms with Gasteiger partial charge in [-0.1, -0.05) is 6.07 Å². The highest BCUT2D eigenvalue weighted by atomic mass is 19.4. The lowest BCUT2D eigenvalue weighted by molar-refractivity contribution is -0.137. The monoisotopic (exact) mass is 423 g/mol. The second-order valence-electron chi connectivity index (χ2n) is 7.44. The molecule has 0 radical (unpaired) electrons. The Hall–Kier alpha value is -2.94. The van der Waals surface area contributed by atoms with Crippen molar-refractivity contribution in [1.29, 1.82) is 0 Å². The van der Waals surface area contributed by atoms with E-state index >= 15 is 0 Å². The summed E-state index contributed by atoms with van der Waals surface area (Å²) in [5, 5.41) is 6.73. The third-order valence-electron chi connectivity index (χ3n) is 5.40. The van der Waals surface area contributed by atoms with Crippen molar-refractivity contribution in [2.24, 2.45) is 5.73 Å². The van der Waals surface area contributed by atoms with Crippen molar-refractivity contribution in [1.82, 2.24) is 10.2 Å². The molecule has 3 N–H and O–H groups in total. The first kappa shape index (κ1) is 20.3. The van der Waals surface area contributed by atoms with Crippen molar-refractivity contribution < 1.29 is 26.7 Å². The average Bonchev–Trinajstić information content (AvgIpc) is 3.20. The van der Waals surface area contributed by atoms with Crippen molar-refractivity contribution in [3.05, 3.63) is 70.9 Å². The Balaban J connectivity index is 1.70. The summed E-state index contributed by atoms with van der Waals surface area (Å²) in [7, 11) is 0. The quantitative estimate of drug-likeness (QED) is 0.584. The zero-order chi connectivity index (χ0) is 21.7. The summed E-state index contributed by atoms with van der Waals surface area (Å²) in [6, 6.07) is 7.96. The standard InChI is InChI=1S/C21H18F5N3O/c1-11-6-17(29-28-11)14-7-12(21(24,25)26)2-5-18(14)30-19-9-20(19,10-27)15-4-3-13(22)8-16(15)23/h2-8,19H,9-10,27H2,1H3,(H,28,29)/t19-,20+/m0/s1. The third-order valence-corrected chi connectivity index (χ3v) is 5.40. The lowest BCUT2D eigenvalue weighted by Gasteiger charge is -2.19. The summed E-state index contributed by atoms with van der Waals surface area (Å²) in [6.45, 7) is 1.76. The minimum Gasteiger partial charge on any atom is -0.489 e. The predicted octanol–water partition coefficient (Wildman–Crippen LogP) is 4.73. The van der Waals surface area contributed by atoms with Crippen LogP contribution in [0.5, 0.6) is 5.75 Å². The molecule has 9 heteroatoms. The molecule has 158 valence electrons. The second-order valence-corrected chi connectivity index (χ2v) is 7.44. The van der Waals surface area contributed by atoms with Crippen LogP contribution in [-0.4, -0.2) is 22.8 Å². The Morgan fingerprint density at radius 3 is 2.53 bits per heavy atom. The molecule has 0 aliphatic heterocycles. The van der Waals surface area contributed by atoms with Crippen LogP contribution in [-0.2, 0) is 11.6 Å². The number of ether oxygens (including phenoxy) is 1. The third kappa shape index (κ3) is 3.54. The number of nitrogens with zero attached hydrogens (tertiary/aromatic N) is 1. The van der Waals surface area contributed by atoms with Crippen molar-refractivity contribution >= 4 is 0 Å². The highest BCUT2D eigenvalue weighted by Crippen LogP contribution is 2.51. The molecule has 3 aromatic rings. The number of aromatic nitrogens is 2. The summed E-state index contributed by atoms with van der Waals surface area (Å²) >= 11 is 0. The molecule has 0 saturated heterocycles. The molecule has 2 atom stereocenters. The highest BCUT2D eigenvalue weighted by molar-refractivity contribution is 5.68. The van der Waals surface area contributed by atoms with Gasteiger partial charge in [-0.05, 0) is 49.2 Å². The van der Waals surface area contributed by atoms with Crippen LogP contribution < -0.4 is 10.5 Å². The molecule has 1 aliphatic rings. The summed E-state index contributed by atoms with van der Waals surface area (Å²) in [4.78, 5) is 0. The first-order valence-electron chi connectivity index (χ1n) is 9.20. The molecule has 1 aliphatic carbocycles. The maximum atomic E-state index is 14.3. The van der Waals surface area contributed by atoms with Gasteiger partial charge in [-0.2, -0.15) is 18.3 Å². The minimum atomic E-state index is -4.53. The summed E-state index contributed by atoms with van der Waals surface area (Å²) in [5.74, 6) is -1.26. The highest BCUT2D eigenvalue weighted by Gasteiger charge is 2.58. The fourth-order valence-electron chi connectivity index (χ4n) is 3.65. The first-order valence-corrected chi connectivity index (χ1v) is 9.20. The van der Waals surface area contributed by atoms with Crippen LogP contribution >= 0.6 is 0 Å². The molecule has 4 rings (SSSR count). The van der Waals surface area contributed by atoms with Gasteiger partial charge in [0, 0.05) is 23.9 Å². The second kappa shape index (κ2) is 7.09. The van der Waals surface area contributed by atoms with Crippen LogP contribution in [0.2, 0.25) is 0 Å². The number of aromatic amines is 1. The molecular formula is C21H18F5N3O. The normalized spacial score (nSPS) is 21.0. The van der Waals surface area contributed by atoms with E-state index < -0.39 is 34.9 Å². The topological polar surface area (TPSA) is 63.9 Å². The van der Waals surface area contributed by atoms with Crippen LogP contribution in [0.15, 0.2) is 42.5 Å². The van der Waals surface area contributed by atoms with Gasteiger partial charge in [0.25, 0.3) is 0 Å².